The summed E-state index contributed by atoms with van der Waals surface area (Å²) >= 11 is 0. The first kappa shape index (κ1) is 39.2. The molecule has 4 saturated heterocycles. The second-order valence-electron chi connectivity index (χ2n) is 16.0. The quantitative estimate of drug-likeness (QED) is 0.189. The number of fused-ring (bicyclic) bond motifs is 7. The average Bonchev–Trinajstić information content (AvgIpc) is 3.78. The number of rotatable bonds is 6. The molecule has 20 heteroatoms. The zero-order chi connectivity index (χ0) is 41.3. The van der Waals surface area contributed by atoms with Gasteiger partial charge in [-0.15, -0.1) is 0 Å². The lowest BCUT2D eigenvalue weighted by atomic mass is 9.93. The van der Waals surface area contributed by atoms with Crippen LogP contribution in [0.1, 0.15) is 49.8 Å². The van der Waals surface area contributed by atoms with Crippen LogP contribution in [0.15, 0.2) is 24.3 Å². The third-order valence-electron chi connectivity index (χ3n) is 12.7. The van der Waals surface area contributed by atoms with Gasteiger partial charge in [-0.05, 0) is 92.9 Å². The first-order chi connectivity index (χ1) is 27.2. The van der Waals surface area contributed by atoms with Crippen LogP contribution in [-0.4, -0.2) is 105 Å². The lowest BCUT2D eigenvalue weighted by Gasteiger charge is -2.41. The van der Waals surface area contributed by atoms with Gasteiger partial charge in [0, 0.05) is 36.8 Å². The third-order valence-corrected chi connectivity index (χ3v) is 12.7. The minimum atomic E-state index is -6.88. The number of phenolic OH excluding ortho intramolecular Hbond substituents is 1. The number of nitrogens with one attached hydrogen (secondary N) is 1. The number of aromatic nitrogens is 3. The number of benzene rings is 2. The molecule has 2 aromatic carbocycles. The van der Waals surface area contributed by atoms with Crippen LogP contribution in [0.25, 0.3) is 32.9 Å². The number of aryl methyl sites for hydroxylation is 2. The topological polar surface area (TPSA) is 95.9 Å². The minimum Gasteiger partial charge on any atom is -0.508 e. The molecule has 4 aromatic rings. The standard InChI is InChI=1S/C38H35F11N6O3/c1-17-23(39)5-3-18-11-20(56)12-22(27(17)18)30-29(40)31-28-25(51-30)7-8-26-24-6-4-19(50-24)14-55(26)32(28)53-33(52-31)57-16-34-9-2-10-54(34)15-21(13-34)58-35(36(41,42)43,37(44,45)46)38(47,48)49/h3,5,11-12,19,21,24,26,50,56H,2,4,6-10,13-16H2,1H3/t19-,21-,24+,26-,34+/m1/s1. The third kappa shape index (κ3) is 5.85. The van der Waals surface area contributed by atoms with Crippen LogP contribution < -0.4 is 15.0 Å². The predicted octanol–water partition coefficient (Wildman–Crippen LogP) is 7.82. The van der Waals surface area contributed by atoms with Gasteiger partial charge in [-0.3, -0.25) is 4.90 Å². The summed E-state index contributed by atoms with van der Waals surface area (Å²) in [5.74, 6) is -1.45. The number of ether oxygens (including phenoxy) is 2. The van der Waals surface area contributed by atoms with Crippen LogP contribution in [0.4, 0.5) is 54.1 Å². The van der Waals surface area contributed by atoms with Crippen molar-refractivity contribution >= 4 is 27.5 Å². The fourth-order valence-corrected chi connectivity index (χ4v) is 10.1. The fraction of sp³-hybridized carbons (Fsp3) is 0.553. The van der Waals surface area contributed by atoms with E-state index >= 15 is 4.39 Å². The smallest absolute Gasteiger partial charge is 0.435 e. The Morgan fingerprint density at radius 3 is 2.38 bits per heavy atom. The molecule has 5 atom stereocenters. The second-order valence-corrected chi connectivity index (χ2v) is 16.0. The molecule has 5 aliphatic heterocycles. The molecule has 7 heterocycles. The zero-order valence-corrected chi connectivity index (χ0v) is 30.6. The number of halogens is 11. The molecule has 0 amide bonds. The van der Waals surface area contributed by atoms with Crippen LogP contribution in [0, 0.1) is 18.6 Å². The van der Waals surface area contributed by atoms with Crippen molar-refractivity contribution in [3.8, 4) is 23.0 Å². The van der Waals surface area contributed by atoms with E-state index in [1.54, 1.807) is 0 Å². The summed E-state index contributed by atoms with van der Waals surface area (Å²) in [6.07, 6.45) is -20.2. The zero-order valence-electron chi connectivity index (χ0n) is 30.6. The van der Waals surface area contributed by atoms with Crippen LogP contribution in [0.5, 0.6) is 11.8 Å². The summed E-state index contributed by atoms with van der Waals surface area (Å²) in [4.78, 5) is 17.5. The highest BCUT2D eigenvalue weighted by atomic mass is 19.4. The van der Waals surface area contributed by atoms with Crippen LogP contribution in [0.3, 0.4) is 0 Å². The van der Waals surface area contributed by atoms with Gasteiger partial charge in [0.25, 0.3) is 0 Å². The van der Waals surface area contributed by atoms with Gasteiger partial charge in [-0.2, -0.15) is 49.5 Å². The number of hydrogen-bond donors (Lipinski definition) is 2. The van der Waals surface area contributed by atoms with Crippen molar-refractivity contribution in [3.05, 3.63) is 47.2 Å². The maximum absolute atomic E-state index is 17.2. The molecule has 0 saturated carbocycles. The Hall–Kier alpha value is -4.30. The molecular weight excluding hydrogens is 797 g/mol. The number of piperazine rings is 1. The van der Waals surface area contributed by atoms with E-state index in [1.165, 1.54) is 36.1 Å². The second kappa shape index (κ2) is 13.1. The summed E-state index contributed by atoms with van der Waals surface area (Å²) in [5, 5.41) is 15.3. The van der Waals surface area contributed by atoms with Crippen molar-refractivity contribution in [2.45, 2.75) is 106 Å². The first-order valence-corrected chi connectivity index (χ1v) is 18.8. The Balaban J connectivity index is 1.13. The summed E-state index contributed by atoms with van der Waals surface area (Å²) in [6.45, 7) is 0.972. The summed E-state index contributed by atoms with van der Waals surface area (Å²) in [5.41, 5.74) is -7.53. The molecule has 0 spiro atoms. The molecule has 5 aliphatic rings. The Labute approximate surface area is 322 Å². The number of pyridine rings is 1. The van der Waals surface area contributed by atoms with E-state index in [2.05, 4.69) is 15.0 Å². The van der Waals surface area contributed by atoms with E-state index in [4.69, 9.17) is 14.7 Å². The van der Waals surface area contributed by atoms with Crippen molar-refractivity contribution in [2.24, 2.45) is 0 Å². The molecule has 2 aromatic heterocycles. The van der Waals surface area contributed by atoms with Crippen LogP contribution in [-0.2, 0) is 11.2 Å². The lowest BCUT2D eigenvalue weighted by Crippen LogP contribution is -2.68. The van der Waals surface area contributed by atoms with E-state index in [0.717, 1.165) is 12.8 Å². The van der Waals surface area contributed by atoms with E-state index < -0.39 is 67.0 Å². The van der Waals surface area contributed by atoms with Crippen LogP contribution >= 0.6 is 0 Å². The monoisotopic (exact) mass is 832 g/mol. The number of hydrogen-bond acceptors (Lipinski definition) is 9. The maximum Gasteiger partial charge on any atom is 0.435 e. The highest BCUT2D eigenvalue weighted by Gasteiger charge is 2.86. The molecule has 2 bridgehead atoms. The number of alkyl halides is 9. The molecule has 0 aliphatic carbocycles. The van der Waals surface area contributed by atoms with E-state index in [-0.39, 0.29) is 65.2 Å². The van der Waals surface area contributed by atoms with Crippen molar-refractivity contribution < 1.29 is 62.9 Å². The highest BCUT2D eigenvalue weighted by Crippen LogP contribution is 2.57. The largest absolute Gasteiger partial charge is 0.508 e. The summed E-state index contributed by atoms with van der Waals surface area (Å²) < 4.78 is 167. The molecular formula is C38H35F11N6O3. The number of phenols is 1. The Morgan fingerprint density at radius 2 is 1.66 bits per heavy atom. The van der Waals surface area contributed by atoms with Crippen LogP contribution in [0.2, 0.25) is 0 Å². The van der Waals surface area contributed by atoms with Gasteiger partial charge in [0.1, 0.15) is 35.2 Å². The number of anilines is 1. The maximum atomic E-state index is 17.2. The van der Waals surface area contributed by atoms with Gasteiger partial charge in [-0.1, -0.05) is 6.07 Å². The van der Waals surface area contributed by atoms with Gasteiger partial charge in [0.05, 0.1) is 22.7 Å². The van der Waals surface area contributed by atoms with Crippen molar-refractivity contribution in [2.75, 3.05) is 31.1 Å². The van der Waals surface area contributed by atoms with Gasteiger partial charge >= 0.3 is 30.1 Å². The number of aromatic hydroxyl groups is 1. The molecule has 9 rings (SSSR count). The minimum absolute atomic E-state index is 0.0611. The summed E-state index contributed by atoms with van der Waals surface area (Å²) in [6, 6.07) is 5.00. The van der Waals surface area contributed by atoms with Gasteiger partial charge in [0.2, 0.25) is 0 Å². The molecule has 4 fully saturated rings. The highest BCUT2D eigenvalue weighted by molar-refractivity contribution is 6.02. The lowest BCUT2D eigenvalue weighted by molar-refractivity contribution is -0.463. The first-order valence-electron chi connectivity index (χ1n) is 18.8. The normalized spacial score (nSPS) is 26.4. The predicted molar refractivity (Wildman–Crippen MR) is 185 cm³/mol. The Bertz CT molecular complexity index is 2290. The van der Waals surface area contributed by atoms with Gasteiger partial charge in [-0.25, -0.2) is 13.8 Å². The molecule has 9 nitrogen and oxygen atoms in total. The van der Waals surface area contributed by atoms with Crippen molar-refractivity contribution in [1.82, 2.24) is 25.2 Å². The van der Waals surface area contributed by atoms with Crippen molar-refractivity contribution in [1.29, 1.82) is 0 Å². The fourth-order valence-electron chi connectivity index (χ4n) is 10.1. The summed E-state index contributed by atoms with van der Waals surface area (Å²) in [7, 11) is 0. The molecule has 58 heavy (non-hydrogen) atoms. The molecule has 0 unspecified atom stereocenters. The Morgan fingerprint density at radius 1 is 0.914 bits per heavy atom. The average molecular weight is 833 g/mol. The molecule has 0 radical (unpaired) electrons. The van der Waals surface area contributed by atoms with E-state index in [0.29, 0.717) is 53.5 Å². The van der Waals surface area contributed by atoms with Crippen molar-refractivity contribution in [3.63, 3.8) is 0 Å². The van der Waals surface area contributed by atoms with Gasteiger partial charge < -0.3 is 24.8 Å². The Kier molecular flexibility index (Phi) is 8.85. The number of nitrogens with zero attached hydrogens (tertiary/aromatic N) is 5. The SMILES string of the molecule is Cc1c(F)ccc2cc(O)cc(-c3nc4c5c(nc(OC[C@@]67CCCN6C[C@H](OC(C(F)(F)F)(C(F)(F)F)C(F)(F)F)C7)nc5c3F)N3C[C@H]5CC[C@H](N5)[C@H]3CC4)c12. The molecule has 2 N–H and O–H groups in total. The molecule has 312 valence electrons. The van der Waals surface area contributed by atoms with E-state index in [1.807, 2.05) is 4.90 Å². The van der Waals surface area contributed by atoms with E-state index in [9.17, 15) is 49.0 Å². The van der Waals surface area contributed by atoms with Gasteiger partial charge in [0.15, 0.2) is 5.82 Å².